The van der Waals surface area contributed by atoms with E-state index in [4.69, 9.17) is 4.74 Å². The molecule has 1 aliphatic carbocycles. The van der Waals surface area contributed by atoms with Crippen molar-refractivity contribution in [2.75, 3.05) is 12.4 Å². The maximum Gasteiger partial charge on any atom is 0.317 e. The van der Waals surface area contributed by atoms with Crippen molar-refractivity contribution in [3.63, 3.8) is 0 Å². The number of unbranched alkanes of at least 4 members (excludes halogenated alkanes) is 2. The number of hydrogen-bond donors (Lipinski definition) is 1. The second-order valence-electron chi connectivity index (χ2n) is 9.86. The number of rotatable bonds is 12. The van der Waals surface area contributed by atoms with Crippen LogP contribution in [0.2, 0.25) is 0 Å². The highest BCUT2D eigenvalue weighted by Gasteiger charge is 2.18. The molecule has 8 nitrogen and oxygen atoms in total. The molecule has 0 amide bonds. The normalized spacial score (nSPS) is 15.2. The Kier molecular flexibility index (Phi) is 9.58. The minimum Gasteiger partial charge on any atom is -0.460 e. The van der Waals surface area contributed by atoms with Crippen molar-refractivity contribution in [1.82, 2.24) is 29.8 Å². The molecule has 1 aliphatic rings. The summed E-state index contributed by atoms with van der Waals surface area (Å²) in [6.07, 6.45) is 16.7. The van der Waals surface area contributed by atoms with Crippen LogP contribution >= 0.6 is 11.3 Å². The van der Waals surface area contributed by atoms with Crippen LogP contribution in [0.25, 0.3) is 10.6 Å². The third kappa shape index (κ3) is 7.67. The third-order valence-corrected chi connectivity index (χ3v) is 7.60. The summed E-state index contributed by atoms with van der Waals surface area (Å²) in [5.74, 6) is 0.684. The highest BCUT2D eigenvalue weighted by atomic mass is 32.1. The average Bonchev–Trinajstić information content (AvgIpc) is 3.34. The first kappa shape index (κ1) is 26.4. The van der Waals surface area contributed by atoms with E-state index < -0.39 is 0 Å². The first-order valence-electron chi connectivity index (χ1n) is 13.3. The van der Waals surface area contributed by atoms with Gasteiger partial charge in [-0.15, -0.1) is 0 Å². The number of nitrogens with zero attached hydrogens (tertiary/aromatic N) is 6. The molecular formula is C27H39N7OS. The lowest BCUT2D eigenvalue weighted by Crippen LogP contribution is -2.33. The fourth-order valence-corrected chi connectivity index (χ4v) is 5.39. The van der Waals surface area contributed by atoms with E-state index in [-0.39, 0.29) is 6.10 Å². The Bertz CT molecular complexity index is 1080. The van der Waals surface area contributed by atoms with Crippen LogP contribution < -0.4 is 10.1 Å². The molecule has 4 rings (SSSR count). The molecule has 3 aromatic heterocycles. The summed E-state index contributed by atoms with van der Waals surface area (Å²) in [5.41, 5.74) is 2.68. The fraction of sp³-hybridized carbons (Fsp3) is 0.593. The van der Waals surface area contributed by atoms with E-state index >= 15 is 0 Å². The zero-order valence-electron chi connectivity index (χ0n) is 22.0. The van der Waals surface area contributed by atoms with Crippen molar-refractivity contribution in [2.45, 2.75) is 97.2 Å². The Morgan fingerprint density at radius 2 is 1.92 bits per heavy atom. The van der Waals surface area contributed by atoms with Gasteiger partial charge >= 0.3 is 6.01 Å². The number of hydrogen-bond acceptors (Lipinski definition) is 9. The van der Waals surface area contributed by atoms with Crippen LogP contribution in [0.1, 0.15) is 83.0 Å². The van der Waals surface area contributed by atoms with E-state index in [0.29, 0.717) is 17.9 Å². The van der Waals surface area contributed by atoms with Crippen LogP contribution in [0.5, 0.6) is 6.01 Å². The van der Waals surface area contributed by atoms with Gasteiger partial charge in [-0.2, -0.15) is 4.98 Å². The van der Waals surface area contributed by atoms with Crippen LogP contribution in [-0.2, 0) is 6.54 Å². The van der Waals surface area contributed by atoms with Gasteiger partial charge in [-0.05, 0) is 52.6 Å². The van der Waals surface area contributed by atoms with Gasteiger partial charge in [0.1, 0.15) is 0 Å². The highest BCUT2D eigenvalue weighted by molar-refractivity contribution is 7.18. The van der Waals surface area contributed by atoms with Crippen molar-refractivity contribution >= 4 is 22.3 Å². The largest absolute Gasteiger partial charge is 0.460 e. The predicted octanol–water partition coefficient (Wildman–Crippen LogP) is 6.55. The zero-order chi connectivity index (χ0) is 25.3. The van der Waals surface area contributed by atoms with Gasteiger partial charge in [0.05, 0.1) is 34.8 Å². The van der Waals surface area contributed by atoms with Gasteiger partial charge in [0.15, 0.2) is 10.9 Å². The smallest absolute Gasteiger partial charge is 0.317 e. The van der Waals surface area contributed by atoms with E-state index in [0.717, 1.165) is 46.5 Å². The summed E-state index contributed by atoms with van der Waals surface area (Å²) < 4.78 is 6.01. The number of aromatic nitrogens is 5. The van der Waals surface area contributed by atoms with Gasteiger partial charge < -0.3 is 10.1 Å². The Labute approximate surface area is 219 Å². The van der Waals surface area contributed by atoms with Gasteiger partial charge in [0, 0.05) is 24.5 Å². The van der Waals surface area contributed by atoms with Crippen LogP contribution in [0, 0.1) is 6.92 Å². The van der Waals surface area contributed by atoms with E-state index in [9.17, 15) is 0 Å². The number of anilines is 2. The van der Waals surface area contributed by atoms with Gasteiger partial charge in [0.2, 0.25) is 0 Å². The molecule has 0 aliphatic heterocycles. The Morgan fingerprint density at radius 3 is 2.67 bits per heavy atom. The Hall–Kier alpha value is -2.65. The van der Waals surface area contributed by atoms with Crippen molar-refractivity contribution in [3.05, 3.63) is 36.0 Å². The molecular weight excluding hydrogens is 470 g/mol. The lowest BCUT2D eigenvalue weighted by molar-refractivity contribution is 0.182. The molecule has 3 aromatic rings. The second kappa shape index (κ2) is 13.1. The van der Waals surface area contributed by atoms with E-state index in [2.05, 4.69) is 56.0 Å². The van der Waals surface area contributed by atoms with Crippen molar-refractivity contribution in [1.29, 1.82) is 0 Å². The van der Waals surface area contributed by atoms with Gasteiger partial charge in [-0.1, -0.05) is 50.4 Å². The molecule has 0 spiro atoms. The lowest BCUT2D eigenvalue weighted by atomic mass is 9.94. The molecule has 0 saturated heterocycles. The standard InChI is InChI=1S/C27H39N7OS/c1-5-6-8-11-20(3)35-26-31-19(2)14-23(32-26)24-16-30-27(36-24)33-25-17-28-21(15-29-25)18-34(4)22-12-9-7-10-13-22/h14-17,20,22H,5-13,18H2,1-4H3,(H,29,30,33). The zero-order valence-corrected chi connectivity index (χ0v) is 22.9. The Balaban J connectivity index is 1.35. The summed E-state index contributed by atoms with van der Waals surface area (Å²) in [7, 11) is 2.19. The highest BCUT2D eigenvalue weighted by Crippen LogP contribution is 2.30. The first-order valence-corrected chi connectivity index (χ1v) is 14.1. The number of aryl methyl sites for hydroxylation is 1. The third-order valence-electron chi connectivity index (χ3n) is 6.66. The van der Waals surface area contributed by atoms with Crippen molar-refractivity contribution < 1.29 is 4.74 Å². The van der Waals surface area contributed by atoms with Crippen LogP contribution in [0.3, 0.4) is 0 Å². The van der Waals surface area contributed by atoms with Crippen molar-refractivity contribution in [3.8, 4) is 16.6 Å². The summed E-state index contributed by atoms with van der Waals surface area (Å²) in [6, 6.07) is 3.05. The quantitative estimate of drug-likeness (QED) is 0.275. The molecule has 0 radical (unpaired) electrons. The maximum absolute atomic E-state index is 6.01. The predicted molar refractivity (Wildman–Crippen MR) is 146 cm³/mol. The molecule has 1 saturated carbocycles. The molecule has 9 heteroatoms. The number of thiazole rings is 1. The summed E-state index contributed by atoms with van der Waals surface area (Å²) in [4.78, 5) is 26.2. The number of nitrogens with one attached hydrogen (secondary N) is 1. The molecule has 36 heavy (non-hydrogen) atoms. The van der Waals surface area contributed by atoms with Gasteiger partial charge in [-0.25, -0.2) is 15.0 Å². The lowest BCUT2D eigenvalue weighted by Gasteiger charge is -2.30. The molecule has 1 atom stereocenters. The summed E-state index contributed by atoms with van der Waals surface area (Å²) in [6.45, 7) is 7.08. The topological polar surface area (TPSA) is 89.0 Å². The Morgan fingerprint density at radius 1 is 1.08 bits per heavy atom. The molecule has 1 unspecified atom stereocenters. The van der Waals surface area contributed by atoms with E-state index in [1.165, 1.54) is 56.3 Å². The summed E-state index contributed by atoms with van der Waals surface area (Å²) in [5, 5.41) is 4.02. The van der Waals surface area contributed by atoms with Crippen LogP contribution in [0.4, 0.5) is 10.9 Å². The van der Waals surface area contributed by atoms with E-state index in [1.54, 1.807) is 6.20 Å². The summed E-state index contributed by atoms with van der Waals surface area (Å²) >= 11 is 1.52. The molecule has 1 fully saturated rings. The van der Waals surface area contributed by atoms with Gasteiger partial charge in [-0.3, -0.25) is 9.88 Å². The second-order valence-corrected chi connectivity index (χ2v) is 10.9. The van der Waals surface area contributed by atoms with Crippen LogP contribution in [-0.4, -0.2) is 49.0 Å². The maximum atomic E-state index is 6.01. The minimum atomic E-state index is 0.0916. The van der Waals surface area contributed by atoms with Gasteiger partial charge in [0.25, 0.3) is 0 Å². The molecule has 0 bridgehead atoms. The molecule has 0 aromatic carbocycles. The average molecular weight is 510 g/mol. The van der Waals surface area contributed by atoms with Crippen LogP contribution in [0.15, 0.2) is 24.7 Å². The molecule has 1 N–H and O–H groups in total. The van der Waals surface area contributed by atoms with E-state index in [1.807, 2.05) is 25.4 Å². The fourth-order valence-electron chi connectivity index (χ4n) is 4.61. The minimum absolute atomic E-state index is 0.0916. The van der Waals surface area contributed by atoms with Crippen molar-refractivity contribution in [2.24, 2.45) is 0 Å². The first-order chi connectivity index (χ1) is 17.5. The molecule has 3 heterocycles. The number of ether oxygens (including phenoxy) is 1. The monoisotopic (exact) mass is 509 g/mol. The SMILES string of the molecule is CCCCCC(C)Oc1nc(C)cc(-c2cnc(Nc3cnc(CN(C)C4CCCCC4)cn3)s2)n1. The molecule has 194 valence electrons.